The number of fused-ring (bicyclic) bond motifs is 1. The second-order valence-electron chi connectivity index (χ2n) is 4.51. The molecule has 0 unspecified atom stereocenters. The van der Waals surface area contributed by atoms with Crippen molar-refractivity contribution in [3.8, 4) is 11.5 Å². The van der Waals surface area contributed by atoms with Crippen molar-refractivity contribution in [1.29, 1.82) is 0 Å². The highest BCUT2D eigenvalue weighted by Crippen LogP contribution is 2.30. The molecule has 0 aliphatic carbocycles. The summed E-state index contributed by atoms with van der Waals surface area (Å²) in [7, 11) is 1.65. The second kappa shape index (κ2) is 6.43. The van der Waals surface area contributed by atoms with Crippen LogP contribution in [-0.4, -0.2) is 38.9 Å². The number of amides is 1. The lowest BCUT2D eigenvalue weighted by atomic mass is 10.1. The van der Waals surface area contributed by atoms with Crippen LogP contribution in [0.2, 0.25) is 0 Å². The van der Waals surface area contributed by atoms with E-state index in [1.807, 2.05) is 6.92 Å². The van der Waals surface area contributed by atoms with Crippen molar-refractivity contribution in [1.82, 2.24) is 5.32 Å². The van der Waals surface area contributed by atoms with Gasteiger partial charge >= 0.3 is 0 Å². The molecular formula is C14H19NO4. The van der Waals surface area contributed by atoms with E-state index in [0.29, 0.717) is 36.9 Å². The van der Waals surface area contributed by atoms with E-state index in [1.165, 1.54) is 0 Å². The molecule has 0 radical (unpaired) electrons. The summed E-state index contributed by atoms with van der Waals surface area (Å²) in [6, 6.07) is 5.29. The van der Waals surface area contributed by atoms with Crippen LogP contribution in [-0.2, 0) is 4.74 Å². The number of rotatable bonds is 5. The highest BCUT2D eigenvalue weighted by Gasteiger charge is 2.15. The molecule has 1 aromatic carbocycles. The molecule has 5 heteroatoms. The number of methoxy groups -OCH3 is 1. The van der Waals surface area contributed by atoms with Gasteiger partial charge in [0.05, 0.1) is 0 Å². The van der Waals surface area contributed by atoms with Crippen LogP contribution < -0.4 is 14.8 Å². The van der Waals surface area contributed by atoms with Crippen LogP contribution in [0.3, 0.4) is 0 Å². The Labute approximate surface area is 112 Å². The van der Waals surface area contributed by atoms with Gasteiger partial charge in [-0.05, 0) is 31.5 Å². The maximum Gasteiger partial charge on any atom is 0.251 e. The molecule has 0 bridgehead atoms. The summed E-state index contributed by atoms with van der Waals surface area (Å²) < 4.78 is 15.9. The second-order valence-corrected chi connectivity index (χ2v) is 4.51. The topological polar surface area (TPSA) is 56.8 Å². The third-order valence-electron chi connectivity index (χ3n) is 2.94. The number of hydrogen-bond acceptors (Lipinski definition) is 4. The van der Waals surface area contributed by atoms with Crippen molar-refractivity contribution < 1.29 is 19.0 Å². The Kier molecular flexibility index (Phi) is 4.63. The van der Waals surface area contributed by atoms with Crippen LogP contribution in [0, 0.1) is 0 Å². The lowest BCUT2D eigenvalue weighted by molar-refractivity contribution is 0.0928. The van der Waals surface area contributed by atoms with Crippen LogP contribution >= 0.6 is 0 Å². The number of nitrogens with one attached hydrogen (secondary N) is 1. The van der Waals surface area contributed by atoms with Crippen molar-refractivity contribution >= 4 is 5.91 Å². The summed E-state index contributed by atoms with van der Waals surface area (Å²) in [5, 5.41) is 2.92. The fraction of sp³-hybridized carbons (Fsp3) is 0.500. The lowest BCUT2D eigenvalue weighted by Gasteiger charge is -2.19. The maximum absolute atomic E-state index is 12.1. The highest BCUT2D eigenvalue weighted by atomic mass is 16.6. The fourth-order valence-electron chi connectivity index (χ4n) is 1.86. The molecule has 1 heterocycles. The molecule has 1 aliphatic heterocycles. The summed E-state index contributed by atoms with van der Waals surface area (Å²) in [5.74, 6) is 1.21. The van der Waals surface area contributed by atoms with Gasteiger partial charge in [-0.15, -0.1) is 0 Å². The molecule has 0 fully saturated rings. The largest absolute Gasteiger partial charge is 0.486 e. The van der Waals surface area contributed by atoms with E-state index in [9.17, 15) is 4.79 Å². The number of carbonyl (C=O) groups excluding carboxylic acids is 1. The van der Waals surface area contributed by atoms with Crippen molar-refractivity contribution in [3.63, 3.8) is 0 Å². The molecule has 0 saturated carbocycles. The minimum Gasteiger partial charge on any atom is -0.486 e. The molecule has 0 aromatic heterocycles. The molecule has 5 nitrogen and oxygen atoms in total. The first-order chi connectivity index (χ1) is 9.20. The molecule has 1 amide bonds. The predicted molar refractivity (Wildman–Crippen MR) is 70.9 cm³/mol. The number of carbonyl (C=O) groups is 1. The van der Waals surface area contributed by atoms with Gasteiger partial charge in [0.2, 0.25) is 0 Å². The molecule has 1 atom stereocenters. The van der Waals surface area contributed by atoms with E-state index < -0.39 is 0 Å². The van der Waals surface area contributed by atoms with Gasteiger partial charge in [-0.1, -0.05) is 0 Å². The molecule has 0 spiro atoms. The first kappa shape index (κ1) is 13.7. The van der Waals surface area contributed by atoms with E-state index in [4.69, 9.17) is 14.2 Å². The molecular weight excluding hydrogens is 246 g/mol. The number of hydrogen-bond donors (Lipinski definition) is 1. The zero-order chi connectivity index (χ0) is 13.7. The number of benzene rings is 1. The zero-order valence-corrected chi connectivity index (χ0v) is 11.3. The quantitative estimate of drug-likeness (QED) is 0.878. The fourth-order valence-corrected chi connectivity index (χ4v) is 1.86. The average Bonchev–Trinajstić information content (AvgIpc) is 2.44. The smallest absolute Gasteiger partial charge is 0.251 e. The van der Waals surface area contributed by atoms with Gasteiger partial charge in [-0.3, -0.25) is 4.79 Å². The third-order valence-corrected chi connectivity index (χ3v) is 2.94. The van der Waals surface area contributed by atoms with E-state index in [2.05, 4.69) is 5.32 Å². The molecule has 1 aromatic rings. The summed E-state index contributed by atoms with van der Waals surface area (Å²) in [6.07, 6.45) is 0.785. The van der Waals surface area contributed by atoms with E-state index in [1.54, 1.807) is 25.3 Å². The monoisotopic (exact) mass is 265 g/mol. The highest BCUT2D eigenvalue weighted by molar-refractivity contribution is 5.95. The standard InChI is InChI=1S/C14H19NO4/c1-10(5-6-17-2)15-14(16)11-3-4-12-13(9-11)19-8-7-18-12/h3-4,9-10H,5-8H2,1-2H3,(H,15,16)/t10-/m0/s1. The van der Waals surface area contributed by atoms with Gasteiger partial charge in [-0.25, -0.2) is 0 Å². The zero-order valence-electron chi connectivity index (χ0n) is 11.3. The van der Waals surface area contributed by atoms with Gasteiger partial charge in [0.25, 0.3) is 5.91 Å². The molecule has 2 rings (SSSR count). The normalized spacial score (nSPS) is 14.8. The summed E-state index contributed by atoms with van der Waals surface area (Å²) in [4.78, 5) is 12.1. The van der Waals surface area contributed by atoms with E-state index >= 15 is 0 Å². The van der Waals surface area contributed by atoms with Gasteiger partial charge in [-0.2, -0.15) is 0 Å². The van der Waals surface area contributed by atoms with Crippen molar-refractivity contribution in [2.75, 3.05) is 26.9 Å². The van der Waals surface area contributed by atoms with Crippen molar-refractivity contribution in [3.05, 3.63) is 23.8 Å². The molecule has 104 valence electrons. The Morgan fingerprint density at radius 2 is 2.11 bits per heavy atom. The average molecular weight is 265 g/mol. The van der Waals surface area contributed by atoms with Crippen LogP contribution in [0.5, 0.6) is 11.5 Å². The Morgan fingerprint density at radius 1 is 1.37 bits per heavy atom. The molecule has 19 heavy (non-hydrogen) atoms. The molecule has 0 saturated heterocycles. The van der Waals surface area contributed by atoms with Crippen molar-refractivity contribution in [2.24, 2.45) is 0 Å². The Morgan fingerprint density at radius 3 is 2.84 bits per heavy atom. The Hall–Kier alpha value is -1.75. The predicted octanol–water partition coefficient (Wildman–Crippen LogP) is 1.61. The Balaban J connectivity index is 1.99. The van der Waals surface area contributed by atoms with Crippen LogP contribution in [0.15, 0.2) is 18.2 Å². The molecule has 1 N–H and O–H groups in total. The minimum absolute atomic E-state index is 0.0700. The van der Waals surface area contributed by atoms with Gasteiger partial charge in [0.1, 0.15) is 13.2 Å². The third kappa shape index (κ3) is 3.61. The minimum atomic E-state index is -0.111. The Bertz CT molecular complexity index is 447. The van der Waals surface area contributed by atoms with Crippen LogP contribution in [0.4, 0.5) is 0 Å². The van der Waals surface area contributed by atoms with Gasteiger partial charge in [0, 0.05) is 25.3 Å². The van der Waals surface area contributed by atoms with Gasteiger partial charge in [0.15, 0.2) is 11.5 Å². The SMILES string of the molecule is COCC[C@H](C)NC(=O)c1ccc2c(c1)OCCO2. The van der Waals surface area contributed by atoms with Crippen molar-refractivity contribution in [2.45, 2.75) is 19.4 Å². The summed E-state index contributed by atoms with van der Waals surface area (Å²) >= 11 is 0. The summed E-state index contributed by atoms with van der Waals surface area (Å²) in [6.45, 7) is 3.65. The lowest BCUT2D eigenvalue weighted by Crippen LogP contribution is -2.33. The first-order valence-electron chi connectivity index (χ1n) is 6.40. The van der Waals surface area contributed by atoms with Gasteiger partial charge < -0.3 is 19.5 Å². The molecule has 1 aliphatic rings. The van der Waals surface area contributed by atoms with E-state index in [0.717, 1.165) is 6.42 Å². The van der Waals surface area contributed by atoms with E-state index in [-0.39, 0.29) is 11.9 Å². The van der Waals surface area contributed by atoms with Crippen LogP contribution in [0.25, 0.3) is 0 Å². The maximum atomic E-state index is 12.1. The summed E-state index contributed by atoms with van der Waals surface area (Å²) in [5.41, 5.74) is 0.577. The number of ether oxygens (including phenoxy) is 3. The van der Waals surface area contributed by atoms with Crippen LogP contribution in [0.1, 0.15) is 23.7 Å². The first-order valence-corrected chi connectivity index (χ1v) is 6.40.